The maximum Gasteiger partial charge on any atom is 0.243 e. The van der Waals surface area contributed by atoms with Gasteiger partial charge in [0.25, 0.3) is 0 Å². The number of sulfonamides is 1. The average Bonchev–Trinajstić information content (AvgIpc) is 3.28. The number of nitrogens with one attached hydrogen (secondary N) is 1. The number of phenolic OH excluding ortho intramolecular Hbond substituents is 1. The molecule has 0 amide bonds. The van der Waals surface area contributed by atoms with E-state index in [1.54, 1.807) is 12.1 Å². The van der Waals surface area contributed by atoms with Crippen LogP contribution in [-0.4, -0.2) is 70.9 Å². The van der Waals surface area contributed by atoms with Crippen molar-refractivity contribution in [1.82, 2.24) is 24.7 Å². The van der Waals surface area contributed by atoms with Gasteiger partial charge in [0.1, 0.15) is 34.4 Å². The summed E-state index contributed by atoms with van der Waals surface area (Å²) in [5, 5.41) is 18.2. The molecule has 0 spiro atoms. The summed E-state index contributed by atoms with van der Waals surface area (Å²) in [4.78, 5) is 8.18. The van der Waals surface area contributed by atoms with Crippen LogP contribution in [-0.2, 0) is 19.5 Å². The summed E-state index contributed by atoms with van der Waals surface area (Å²) < 4.78 is 47.2. The Morgan fingerprint density at radius 1 is 1.25 bits per heavy atom. The molecule has 1 aromatic carbocycles. The standard InChI is InChI=1S/C22H25ClN6O6S/c1-13(19(34-3)20-24-10-15(23)11-25-20)36(31,32)28-22-27-26-21(14-6-5-9-35-12-14)29(22)18-16(30)7-4-8-17(18)33-2/h4-8,10-11,13-14,19,30H,9,12H2,1-3H3,(H,27,28)/t13-,14-,19-/m0/s1. The van der Waals surface area contributed by atoms with E-state index in [-0.39, 0.29) is 34.9 Å². The number of benzene rings is 1. The predicted molar refractivity (Wildman–Crippen MR) is 131 cm³/mol. The largest absolute Gasteiger partial charge is 0.506 e. The number of para-hydroxylation sites is 1. The third-order valence-corrected chi connectivity index (χ3v) is 7.51. The Hall–Kier alpha value is -3.26. The van der Waals surface area contributed by atoms with Crippen LogP contribution in [0.3, 0.4) is 0 Å². The number of aromatic nitrogens is 5. The van der Waals surface area contributed by atoms with Crippen molar-refractivity contribution in [1.29, 1.82) is 0 Å². The molecule has 0 saturated heterocycles. The van der Waals surface area contributed by atoms with E-state index in [9.17, 15) is 13.5 Å². The minimum absolute atomic E-state index is 0.147. The molecule has 0 saturated carbocycles. The summed E-state index contributed by atoms with van der Waals surface area (Å²) in [5.41, 5.74) is 0.175. The number of nitrogens with zero attached hydrogens (tertiary/aromatic N) is 5. The Labute approximate surface area is 213 Å². The van der Waals surface area contributed by atoms with Crippen LogP contribution in [0.15, 0.2) is 42.7 Å². The fourth-order valence-electron chi connectivity index (χ4n) is 3.78. The molecule has 3 heterocycles. The van der Waals surface area contributed by atoms with Gasteiger partial charge in [0.2, 0.25) is 16.0 Å². The van der Waals surface area contributed by atoms with E-state index in [1.165, 1.54) is 44.2 Å². The number of phenols is 1. The lowest BCUT2D eigenvalue weighted by Crippen LogP contribution is -2.33. The summed E-state index contributed by atoms with van der Waals surface area (Å²) in [6, 6.07) is 4.69. The molecule has 1 aliphatic rings. The predicted octanol–water partition coefficient (Wildman–Crippen LogP) is 2.61. The lowest BCUT2D eigenvalue weighted by Gasteiger charge is -2.23. The van der Waals surface area contributed by atoms with Gasteiger partial charge in [0, 0.05) is 19.5 Å². The van der Waals surface area contributed by atoms with Crippen molar-refractivity contribution in [2.24, 2.45) is 0 Å². The molecule has 36 heavy (non-hydrogen) atoms. The molecule has 14 heteroatoms. The molecule has 2 aromatic heterocycles. The van der Waals surface area contributed by atoms with Crippen LogP contribution in [0.2, 0.25) is 5.02 Å². The number of ether oxygens (including phenoxy) is 3. The van der Waals surface area contributed by atoms with Crippen molar-refractivity contribution in [2.75, 3.05) is 32.2 Å². The summed E-state index contributed by atoms with van der Waals surface area (Å²) in [6.45, 7) is 2.20. The van der Waals surface area contributed by atoms with Gasteiger partial charge >= 0.3 is 0 Å². The third-order valence-electron chi connectivity index (χ3n) is 5.62. The Morgan fingerprint density at radius 3 is 2.64 bits per heavy atom. The van der Waals surface area contributed by atoms with Crippen LogP contribution < -0.4 is 9.46 Å². The zero-order valence-electron chi connectivity index (χ0n) is 19.7. The highest BCUT2D eigenvalue weighted by Crippen LogP contribution is 2.37. The molecule has 0 unspecified atom stereocenters. The van der Waals surface area contributed by atoms with E-state index in [0.29, 0.717) is 24.1 Å². The smallest absolute Gasteiger partial charge is 0.243 e. The number of anilines is 1. The van der Waals surface area contributed by atoms with Crippen molar-refractivity contribution < 1.29 is 27.7 Å². The SMILES string of the molecule is COc1cccc(O)c1-n1c(NS(=O)(=O)[C@@H](C)[C@H](OC)c2ncc(Cl)cn2)nnc1[C@H]1C=CCOC1. The molecule has 12 nitrogen and oxygen atoms in total. The Kier molecular flexibility index (Phi) is 7.73. The molecule has 4 rings (SSSR count). The lowest BCUT2D eigenvalue weighted by molar-refractivity contribution is 0.0950. The van der Waals surface area contributed by atoms with E-state index < -0.39 is 21.4 Å². The molecule has 3 atom stereocenters. The summed E-state index contributed by atoms with van der Waals surface area (Å²) >= 11 is 5.86. The second-order valence-corrected chi connectivity index (χ2v) is 10.4. The molecular weight excluding hydrogens is 512 g/mol. The van der Waals surface area contributed by atoms with Gasteiger partial charge in [-0.25, -0.2) is 18.4 Å². The van der Waals surface area contributed by atoms with Crippen molar-refractivity contribution in [3.05, 3.63) is 59.4 Å². The van der Waals surface area contributed by atoms with Crippen LogP contribution in [0.1, 0.15) is 30.6 Å². The van der Waals surface area contributed by atoms with Crippen LogP contribution in [0.5, 0.6) is 11.5 Å². The molecule has 2 N–H and O–H groups in total. The van der Waals surface area contributed by atoms with E-state index in [2.05, 4.69) is 24.9 Å². The van der Waals surface area contributed by atoms with E-state index in [4.69, 9.17) is 25.8 Å². The fourth-order valence-corrected chi connectivity index (χ4v) is 5.01. The quantitative estimate of drug-likeness (QED) is 0.390. The molecule has 3 aromatic rings. The number of rotatable bonds is 9. The van der Waals surface area contributed by atoms with Crippen LogP contribution in [0, 0.1) is 0 Å². The first kappa shape index (κ1) is 25.8. The Morgan fingerprint density at radius 2 is 2.00 bits per heavy atom. The maximum atomic E-state index is 13.5. The van der Waals surface area contributed by atoms with Gasteiger partial charge < -0.3 is 19.3 Å². The molecule has 0 bridgehead atoms. The fraction of sp³-hybridized carbons (Fsp3) is 0.364. The second-order valence-electron chi connectivity index (χ2n) is 7.89. The zero-order chi connectivity index (χ0) is 25.9. The Bertz CT molecular complexity index is 1350. The highest BCUT2D eigenvalue weighted by Gasteiger charge is 2.35. The van der Waals surface area contributed by atoms with Crippen molar-refractivity contribution in [2.45, 2.75) is 24.2 Å². The third kappa shape index (κ3) is 5.14. The van der Waals surface area contributed by atoms with Gasteiger partial charge in [-0.15, -0.1) is 10.2 Å². The van der Waals surface area contributed by atoms with Crippen LogP contribution in [0.25, 0.3) is 5.69 Å². The summed E-state index contributed by atoms with van der Waals surface area (Å²) in [6.07, 6.45) is 5.42. The molecule has 0 radical (unpaired) electrons. The van der Waals surface area contributed by atoms with Gasteiger partial charge in [-0.05, 0) is 19.1 Å². The Balaban J connectivity index is 1.77. The molecule has 192 valence electrons. The van der Waals surface area contributed by atoms with E-state index in [0.717, 1.165) is 0 Å². The van der Waals surface area contributed by atoms with E-state index in [1.807, 2.05) is 12.2 Å². The topological polar surface area (TPSA) is 151 Å². The highest BCUT2D eigenvalue weighted by atomic mass is 35.5. The highest BCUT2D eigenvalue weighted by molar-refractivity contribution is 7.93. The van der Waals surface area contributed by atoms with E-state index >= 15 is 0 Å². The lowest BCUT2D eigenvalue weighted by atomic mass is 10.1. The maximum absolute atomic E-state index is 13.5. The first-order chi connectivity index (χ1) is 17.3. The van der Waals surface area contributed by atoms with Gasteiger partial charge in [-0.3, -0.25) is 9.29 Å². The van der Waals surface area contributed by atoms with Gasteiger partial charge in [-0.1, -0.05) is 29.8 Å². The summed E-state index contributed by atoms with van der Waals surface area (Å²) in [7, 11) is -1.35. The number of hydrogen-bond acceptors (Lipinski definition) is 10. The first-order valence-corrected chi connectivity index (χ1v) is 12.8. The zero-order valence-corrected chi connectivity index (χ0v) is 21.3. The molecule has 0 aliphatic carbocycles. The number of hydrogen-bond donors (Lipinski definition) is 2. The number of aromatic hydroxyl groups is 1. The minimum atomic E-state index is -4.15. The van der Waals surface area contributed by atoms with Gasteiger partial charge in [0.05, 0.1) is 31.3 Å². The van der Waals surface area contributed by atoms with Gasteiger partial charge in [-0.2, -0.15) is 0 Å². The molecule has 0 fully saturated rings. The summed E-state index contributed by atoms with van der Waals surface area (Å²) in [5.74, 6) is 0.126. The second kappa shape index (κ2) is 10.8. The average molecular weight is 537 g/mol. The van der Waals surface area contributed by atoms with Crippen molar-refractivity contribution >= 4 is 27.6 Å². The van der Waals surface area contributed by atoms with Crippen LogP contribution >= 0.6 is 11.6 Å². The molecular formula is C22H25ClN6O6S. The monoisotopic (exact) mass is 536 g/mol. The van der Waals surface area contributed by atoms with Crippen LogP contribution in [0.4, 0.5) is 5.95 Å². The molecule has 1 aliphatic heterocycles. The van der Waals surface area contributed by atoms with Gasteiger partial charge in [0.15, 0.2) is 5.82 Å². The first-order valence-electron chi connectivity index (χ1n) is 10.8. The number of halogens is 1. The minimum Gasteiger partial charge on any atom is -0.506 e. The normalized spacial score (nSPS) is 17.5. The van der Waals surface area contributed by atoms with Crippen molar-refractivity contribution in [3.8, 4) is 17.2 Å². The number of methoxy groups -OCH3 is 2. The van der Waals surface area contributed by atoms with Crippen molar-refractivity contribution in [3.63, 3.8) is 0 Å².